The third-order valence-electron chi connectivity index (χ3n) is 5.53. The van der Waals surface area contributed by atoms with Crippen LogP contribution < -0.4 is 20.1 Å². The number of urea groups is 1. The summed E-state index contributed by atoms with van der Waals surface area (Å²) in [7, 11) is 1.09. The van der Waals surface area contributed by atoms with Gasteiger partial charge in [0.15, 0.2) is 5.00 Å². The van der Waals surface area contributed by atoms with Crippen LogP contribution in [0.5, 0.6) is 11.6 Å². The molecule has 0 radical (unpaired) electrons. The molecule has 1 atom stereocenters. The van der Waals surface area contributed by atoms with Crippen LogP contribution in [0.25, 0.3) is 0 Å². The number of hydrogen-bond acceptors (Lipinski definition) is 9. The fraction of sp³-hybridized carbons (Fsp3) is 0.500. The minimum absolute atomic E-state index is 0.0350. The number of aromatic nitrogens is 1. The molecule has 3 N–H and O–H groups in total. The van der Waals surface area contributed by atoms with Crippen molar-refractivity contribution in [2.24, 2.45) is 0 Å². The summed E-state index contributed by atoms with van der Waals surface area (Å²) < 4.78 is 46.9. The average molecular weight is 549 g/mol. The van der Waals surface area contributed by atoms with E-state index in [0.29, 0.717) is 6.54 Å². The number of nitrogens with zero attached hydrogens (tertiary/aromatic N) is 2. The summed E-state index contributed by atoms with van der Waals surface area (Å²) in [6.07, 6.45) is 2.55. The zero-order valence-electron chi connectivity index (χ0n) is 19.5. The number of halogens is 3. The first-order valence-corrected chi connectivity index (χ1v) is 12.4. The van der Waals surface area contributed by atoms with E-state index in [1.165, 1.54) is 0 Å². The normalized spacial score (nSPS) is 15.5. The molecule has 2 amide bonds. The Morgan fingerprint density at radius 3 is 2.75 bits per heavy atom. The molecule has 14 heteroatoms. The Kier molecular flexibility index (Phi) is 10.5. The van der Waals surface area contributed by atoms with Crippen molar-refractivity contribution >= 4 is 40.3 Å². The lowest BCUT2D eigenvalue weighted by molar-refractivity contribution is 0.119. The summed E-state index contributed by atoms with van der Waals surface area (Å²) in [5, 5.41) is 14.5. The van der Waals surface area contributed by atoms with Gasteiger partial charge >= 0.3 is 12.2 Å². The van der Waals surface area contributed by atoms with Gasteiger partial charge in [0.25, 0.3) is 5.88 Å². The molecule has 1 unspecified atom stereocenters. The van der Waals surface area contributed by atoms with Crippen LogP contribution in [0.3, 0.4) is 0 Å². The SMILES string of the molecule is COC(=O)Oc1c(OCc2c(F)cc(Cl)cc2F)nsc1NC(=O)NCCCCN1CCCC1CO. The van der Waals surface area contributed by atoms with E-state index < -0.39 is 36.0 Å². The molecule has 1 aliphatic heterocycles. The van der Waals surface area contributed by atoms with Crippen molar-refractivity contribution in [1.29, 1.82) is 0 Å². The number of hydrogen-bond donors (Lipinski definition) is 3. The highest BCUT2D eigenvalue weighted by molar-refractivity contribution is 7.11. The number of benzene rings is 1. The van der Waals surface area contributed by atoms with Gasteiger partial charge in [0, 0.05) is 17.6 Å². The maximum absolute atomic E-state index is 14.0. The van der Waals surface area contributed by atoms with Gasteiger partial charge in [-0.2, -0.15) is 0 Å². The van der Waals surface area contributed by atoms with Crippen LogP contribution in [0.2, 0.25) is 5.02 Å². The molecule has 0 aliphatic carbocycles. The number of amides is 2. The Balaban J connectivity index is 1.55. The Morgan fingerprint density at radius 1 is 1.31 bits per heavy atom. The lowest BCUT2D eigenvalue weighted by Crippen LogP contribution is -2.34. The van der Waals surface area contributed by atoms with E-state index in [1.54, 1.807) is 0 Å². The first-order valence-electron chi connectivity index (χ1n) is 11.2. The third kappa shape index (κ3) is 7.63. The van der Waals surface area contributed by atoms with E-state index in [1.807, 2.05) is 0 Å². The Bertz CT molecular complexity index is 1040. The van der Waals surface area contributed by atoms with Gasteiger partial charge in [-0.3, -0.25) is 10.2 Å². The van der Waals surface area contributed by atoms with Gasteiger partial charge in [-0.25, -0.2) is 18.4 Å². The molecule has 1 saturated heterocycles. The van der Waals surface area contributed by atoms with Crippen molar-refractivity contribution in [3.8, 4) is 11.6 Å². The first kappa shape index (κ1) is 27.8. The Labute approximate surface area is 215 Å². The van der Waals surface area contributed by atoms with E-state index in [-0.39, 0.29) is 34.3 Å². The number of aliphatic hydroxyl groups excluding tert-OH is 1. The van der Waals surface area contributed by atoms with Gasteiger partial charge in [0.05, 0.1) is 19.3 Å². The Morgan fingerprint density at radius 2 is 2.06 bits per heavy atom. The van der Waals surface area contributed by atoms with E-state index in [4.69, 9.17) is 21.1 Å². The fourth-order valence-electron chi connectivity index (χ4n) is 3.69. The van der Waals surface area contributed by atoms with Gasteiger partial charge in [-0.15, -0.1) is 4.37 Å². The van der Waals surface area contributed by atoms with Gasteiger partial charge in [-0.05, 0) is 62.4 Å². The van der Waals surface area contributed by atoms with Crippen LogP contribution in [-0.4, -0.2) is 66.0 Å². The summed E-state index contributed by atoms with van der Waals surface area (Å²) >= 11 is 6.37. The molecule has 1 fully saturated rings. The van der Waals surface area contributed by atoms with Crippen LogP contribution in [0, 0.1) is 11.6 Å². The standard InChI is InChI=1S/C22H27ClF2N4O6S/c1-33-22(32)35-18-19(34-12-15-16(24)9-13(23)10-17(15)25)28-36-20(18)27-21(31)26-6-2-3-7-29-8-4-5-14(29)11-30/h9-10,14,30H,2-8,11-12H2,1H3,(H2,26,27,31). The summed E-state index contributed by atoms with van der Waals surface area (Å²) in [6, 6.07) is 1.52. The quantitative estimate of drug-likeness (QED) is 0.283. The average Bonchev–Trinajstić information content (AvgIpc) is 3.44. The molecule has 2 aromatic rings. The maximum Gasteiger partial charge on any atom is 0.513 e. The Hall–Kier alpha value is -2.74. The monoisotopic (exact) mass is 548 g/mol. The highest BCUT2D eigenvalue weighted by atomic mass is 35.5. The van der Waals surface area contributed by atoms with Crippen molar-refractivity contribution in [2.75, 3.05) is 38.7 Å². The number of ether oxygens (including phenoxy) is 3. The molecule has 10 nitrogen and oxygen atoms in total. The lowest BCUT2D eigenvalue weighted by atomic mass is 10.2. The minimum Gasteiger partial charge on any atom is -0.469 e. The number of unbranched alkanes of at least 4 members (excludes halogenated alkanes) is 1. The van der Waals surface area contributed by atoms with Crippen LogP contribution in [0.1, 0.15) is 31.2 Å². The van der Waals surface area contributed by atoms with Crippen LogP contribution in [0.4, 0.5) is 23.4 Å². The lowest BCUT2D eigenvalue weighted by Gasteiger charge is -2.22. The van der Waals surface area contributed by atoms with Crippen LogP contribution >= 0.6 is 23.1 Å². The first-order chi connectivity index (χ1) is 17.3. The molecule has 0 bridgehead atoms. The third-order valence-corrected chi connectivity index (χ3v) is 6.47. The number of nitrogens with one attached hydrogen (secondary N) is 2. The summed E-state index contributed by atoms with van der Waals surface area (Å²) in [5.74, 6) is -2.36. The number of likely N-dealkylation sites (tertiary alicyclic amines) is 1. The zero-order valence-corrected chi connectivity index (χ0v) is 21.1. The second-order valence-corrected chi connectivity index (χ2v) is 9.15. The van der Waals surface area contributed by atoms with Crippen molar-refractivity contribution < 1.29 is 37.7 Å². The van der Waals surface area contributed by atoms with Crippen molar-refractivity contribution in [3.63, 3.8) is 0 Å². The molecule has 2 heterocycles. The minimum atomic E-state index is -1.10. The molecular formula is C22H27ClF2N4O6S. The summed E-state index contributed by atoms with van der Waals surface area (Å²) in [4.78, 5) is 26.3. The second kappa shape index (κ2) is 13.5. The number of anilines is 1. The molecule has 1 aliphatic rings. The summed E-state index contributed by atoms with van der Waals surface area (Å²) in [6.45, 7) is 1.79. The topological polar surface area (TPSA) is 122 Å². The van der Waals surface area contributed by atoms with Gasteiger partial charge in [0.1, 0.15) is 18.2 Å². The highest BCUT2D eigenvalue weighted by Gasteiger charge is 2.24. The largest absolute Gasteiger partial charge is 0.513 e. The maximum atomic E-state index is 14.0. The smallest absolute Gasteiger partial charge is 0.469 e. The molecule has 198 valence electrons. The number of carbonyl (C=O) groups excluding carboxylic acids is 2. The van der Waals surface area contributed by atoms with Gasteiger partial charge in [0.2, 0.25) is 5.75 Å². The molecule has 0 saturated carbocycles. The number of aliphatic hydroxyl groups is 1. The molecule has 0 spiro atoms. The van der Waals surface area contributed by atoms with E-state index in [2.05, 4.69) is 24.6 Å². The van der Waals surface area contributed by atoms with Gasteiger partial charge in [-0.1, -0.05) is 11.6 Å². The predicted molar refractivity (Wildman–Crippen MR) is 129 cm³/mol. The molecular weight excluding hydrogens is 522 g/mol. The molecule has 1 aromatic carbocycles. The van der Waals surface area contributed by atoms with Crippen molar-refractivity contribution in [2.45, 2.75) is 38.3 Å². The molecule has 3 rings (SSSR count). The van der Waals surface area contributed by atoms with E-state index >= 15 is 0 Å². The van der Waals surface area contributed by atoms with Crippen molar-refractivity contribution in [1.82, 2.24) is 14.6 Å². The van der Waals surface area contributed by atoms with Crippen LogP contribution in [0.15, 0.2) is 12.1 Å². The van der Waals surface area contributed by atoms with E-state index in [9.17, 15) is 23.5 Å². The summed E-state index contributed by atoms with van der Waals surface area (Å²) in [5.41, 5.74) is -0.400. The van der Waals surface area contributed by atoms with Crippen LogP contribution in [-0.2, 0) is 11.3 Å². The zero-order chi connectivity index (χ0) is 26.1. The second-order valence-electron chi connectivity index (χ2n) is 7.94. The molecule has 36 heavy (non-hydrogen) atoms. The highest BCUT2D eigenvalue weighted by Crippen LogP contribution is 2.39. The van der Waals surface area contributed by atoms with Gasteiger partial charge < -0.3 is 24.6 Å². The predicted octanol–water partition coefficient (Wildman–Crippen LogP) is 4.16. The van der Waals surface area contributed by atoms with Crippen molar-refractivity contribution in [3.05, 3.63) is 34.4 Å². The number of methoxy groups -OCH3 is 1. The number of carbonyl (C=O) groups is 2. The fourth-order valence-corrected chi connectivity index (χ4v) is 4.54. The van der Waals surface area contributed by atoms with E-state index in [0.717, 1.165) is 69.5 Å². The molecule has 1 aromatic heterocycles. The number of rotatable bonds is 11.